The quantitative estimate of drug-likeness (QED) is 0.727. The third-order valence-corrected chi connectivity index (χ3v) is 4.90. The Morgan fingerprint density at radius 2 is 2.08 bits per heavy atom. The highest BCUT2D eigenvalue weighted by molar-refractivity contribution is 7.21. The van der Waals surface area contributed by atoms with Crippen molar-refractivity contribution in [2.75, 3.05) is 6.54 Å². The summed E-state index contributed by atoms with van der Waals surface area (Å²) in [5.41, 5.74) is 0. The lowest BCUT2D eigenvalue weighted by atomic mass is 10.2. The molecule has 0 aliphatic carbocycles. The third kappa shape index (κ3) is 3.58. The number of amides is 2. The molecule has 0 saturated carbocycles. The maximum Gasteiger partial charge on any atom is 0.263 e. The van der Waals surface area contributed by atoms with E-state index in [1.165, 1.54) is 24.5 Å². The number of furan rings is 1. The first-order valence-corrected chi connectivity index (χ1v) is 8.19. The monoisotopic (exact) mass is 366 g/mol. The molecule has 0 aliphatic heterocycles. The molecule has 0 radical (unpaired) electrons. The molecular weight excluding hydrogens is 355 g/mol. The number of halogens is 2. The van der Waals surface area contributed by atoms with Crippen LogP contribution in [-0.4, -0.2) is 18.4 Å². The standard InChI is InChI=1S/C16H12ClFN2O3S/c17-14-11-4-3-9(18)6-12(11)24-15(14)16(22)20-8-13(21)19-7-10-2-1-5-23-10/h1-6H,7-8H2,(H,19,21)(H,20,22). The second-order valence-electron chi connectivity index (χ2n) is 4.92. The first-order valence-electron chi connectivity index (χ1n) is 6.99. The van der Waals surface area contributed by atoms with Crippen molar-refractivity contribution in [2.24, 2.45) is 0 Å². The number of nitrogens with one attached hydrogen (secondary N) is 2. The van der Waals surface area contributed by atoms with E-state index in [-0.39, 0.29) is 28.9 Å². The van der Waals surface area contributed by atoms with Crippen LogP contribution in [-0.2, 0) is 11.3 Å². The van der Waals surface area contributed by atoms with Crippen molar-refractivity contribution >= 4 is 44.8 Å². The number of fused-ring (bicyclic) bond motifs is 1. The van der Waals surface area contributed by atoms with Crippen LogP contribution in [0.15, 0.2) is 41.0 Å². The van der Waals surface area contributed by atoms with Crippen molar-refractivity contribution in [3.8, 4) is 0 Å². The van der Waals surface area contributed by atoms with Gasteiger partial charge in [0, 0.05) is 10.1 Å². The van der Waals surface area contributed by atoms with Crippen LogP contribution in [0.2, 0.25) is 5.02 Å². The lowest BCUT2D eigenvalue weighted by Gasteiger charge is -2.05. The van der Waals surface area contributed by atoms with Crippen LogP contribution in [0.4, 0.5) is 4.39 Å². The van der Waals surface area contributed by atoms with Crippen molar-refractivity contribution in [1.82, 2.24) is 10.6 Å². The largest absolute Gasteiger partial charge is 0.467 e. The van der Waals surface area contributed by atoms with Gasteiger partial charge in [0.15, 0.2) is 0 Å². The Hall–Kier alpha value is -2.38. The van der Waals surface area contributed by atoms with Gasteiger partial charge in [-0.3, -0.25) is 9.59 Å². The molecule has 3 aromatic rings. The molecular formula is C16H12ClFN2O3S. The Morgan fingerprint density at radius 3 is 2.83 bits per heavy atom. The van der Waals surface area contributed by atoms with Gasteiger partial charge in [0.05, 0.1) is 24.4 Å². The van der Waals surface area contributed by atoms with Crippen LogP contribution in [0, 0.1) is 5.82 Å². The highest BCUT2D eigenvalue weighted by atomic mass is 35.5. The lowest BCUT2D eigenvalue weighted by molar-refractivity contribution is -0.120. The summed E-state index contributed by atoms with van der Waals surface area (Å²) in [6.45, 7) is 0.0447. The van der Waals surface area contributed by atoms with Crippen LogP contribution in [0.5, 0.6) is 0 Å². The number of thiophene rings is 1. The molecule has 2 aromatic heterocycles. The molecule has 1 aromatic carbocycles. The molecule has 24 heavy (non-hydrogen) atoms. The zero-order chi connectivity index (χ0) is 17.1. The Bertz CT molecular complexity index is 892. The van der Waals surface area contributed by atoms with E-state index in [2.05, 4.69) is 10.6 Å². The number of hydrogen-bond donors (Lipinski definition) is 2. The van der Waals surface area contributed by atoms with Crippen LogP contribution >= 0.6 is 22.9 Å². The second-order valence-corrected chi connectivity index (χ2v) is 6.35. The summed E-state index contributed by atoms with van der Waals surface area (Å²) in [6.07, 6.45) is 1.51. The molecule has 0 aliphatic rings. The van der Waals surface area contributed by atoms with Gasteiger partial charge in [0.2, 0.25) is 5.91 Å². The van der Waals surface area contributed by atoms with Gasteiger partial charge in [-0.25, -0.2) is 4.39 Å². The number of benzene rings is 1. The fourth-order valence-electron chi connectivity index (χ4n) is 2.09. The number of hydrogen-bond acceptors (Lipinski definition) is 4. The molecule has 3 rings (SSSR count). The Morgan fingerprint density at radius 1 is 1.25 bits per heavy atom. The van der Waals surface area contributed by atoms with Crippen molar-refractivity contribution < 1.29 is 18.4 Å². The van der Waals surface area contributed by atoms with Gasteiger partial charge in [-0.15, -0.1) is 11.3 Å². The predicted octanol–water partition coefficient (Wildman–Crippen LogP) is 3.33. The lowest BCUT2D eigenvalue weighted by Crippen LogP contribution is -2.36. The fourth-order valence-corrected chi connectivity index (χ4v) is 3.55. The van der Waals surface area contributed by atoms with Crippen LogP contribution in [0.3, 0.4) is 0 Å². The van der Waals surface area contributed by atoms with E-state index < -0.39 is 11.7 Å². The van der Waals surface area contributed by atoms with Crippen LogP contribution < -0.4 is 10.6 Å². The first kappa shape index (κ1) is 16.5. The van der Waals surface area contributed by atoms with E-state index in [1.54, 1.807) is 12.1 Å². The fraction of sp³-hybridized carbons (Fsp3) is 0.125. The molecule has 0 atom stereocenters. The minimum atomic E-state index is -0.477. The molecule has 8 heteroatoms. The highest BCUT2D eigenvalue weighted by Crippen LogP contribution is 2.35. The second kappa shape index (κ2) is 7.02. The molecule has 0 unspecified atom stereocenters. The normalized spacial score (nSPS) is 10.8. The molecule has 2 heterocycles. The summed E-state index contributed by atoms with van der Waals surface area (Å²) >= 11 is 7.24. The minimum absolute atomic E-state index is 0.196. The molecule has 0 bridgehead atoms. The summed E-state index contributed by atoms with van der Waals surface area (Å²) in [7, 11) is 0. The maximum atomic E-state index is 13.2. The van der Waals surface area contributed by atoms with Crippen LogP contribution in [0.25, 0.3) is 10.1 Å². The SMILES string of the molecule is O=C(CNC(=O)c1sc2cc(F)ccc2c1Cl)NCc1ccco1. The smallest absolute Gasteiger partial charge is 0.263 e. The number of carbonyl (C=O) groups is 2. The summed E-state index contributed by atoms with van der Waals surface area (Å²) < 4.78 is 18.9. The zero-order valence-electron chi connectivity index (χ0n) is 12.3. The van der Waals surface area contributed by atoms with Crippen molar-refractivity contribution in [2.45, 2.75) is 6.54 Å². The summed E-state index contributed by atoms with van der Waals surface area (Å²) in [4.78, 5) is 24.2. The van der Waals surface area contributed by atoms with E-state index in [9.17, 15) is 14.0 Å². The molecule has 124 valence electrons. The molecule has 0 spiro atoms. The summed E-state index contributed by atoms with van der Waals surface area (Å²) in [5, 5.41) is 5.97. The van der Waals surface area contributed by atoms with Crippen molar-refractivity contribution in [1.29, 1.82) is 0 Å². The van der Waals surface area contributed by atoms with Gasteiger partial charge in [0.25, 0.3) is 5.91 Å². The number of carbonyl (C=O) groups excluding carboxylic acids is 2. The summed E-state index contributed by atoms with van der Waals surface area (Å²) in [6, 6.07) is 7.57. The maximum absolute atomic E-state index is 13.2. The minimum Gasteiger partial charge on any atom is -0.467 e. The van der Waals surface area contributed by atoms with Gasteiger partial charge in [-0.1, -0.05) is 11.6 Å². The van der Waals surface area contributed by atoms with Crippen LogP contribution in [0.1, 0.15) is 15.4 Å². The van der Waals surface area contributed by atoms with E-state index in [1.807, 2.05) is 0 Å². The Labute approximate surface area is 145 Å². The van der Waals surface area contributed by atoms with Gasteiger partial charge in [-0.05, 0) is 30.3 Å². The van der Waals surface area contributed by atoms with E-state index in [0.29, 0.717) is 15.8 Å². The number of rotatable bonds is 5. The molecule has 0 saturated heterocycles. The van der Waals surface area contributed by atoms with E-state index >= 15 is 0 Å². The molecule has 0 fully saturated rings. The average molecular weight is 367 g/mol. The molecule has 2 N–H and O–H groups in total. The average Bonchev–Trinajstić information content (AvgIpc) is 3.18. The third-order valence-electron chi connectivity index (χ3n) is 3.25. The Kier molecular flexibility index (Phi) is 4.82. The zero-order valence-corrected chi connectivity index (χ0v) is 13.8. The summed E-state index contributed by atoms with van der Waals surface area (Å²) in [5.74, 6) is -0.619. The van der Waals surface area contributed by atoms with E-state index in [4.69, 9.17) is 16.0 Å². The highest BCUT2D eigenvalue weighted by Gasteiger charge is 2.18. The van der Waals surface area contributed by atoms with Gasteiger partial charge >= 0.3 is 0 Å². The Balaban J connectivity index is 1.60. The van der Waals surface area contributed by atoms with Gasteiger partial charge in [0.1, 0.15) is 16.5 Å². The van der Waals surface area contributed by atoms with E-state index in [0.717, 1.165) is 11.3 Å². The van der Waals surface area contributed by atoms with Gasteiger partial charge < -0.3 is 15.1 Å². The van der Waals surface area contributed by atoms with Gasteiger partial charge in [-0.2, -0.15) is 0 Å². The topological polar surface area (TPSA) is 71.3 Å². The predicted molar refractivity (Wildman–Crippen MR) is 89.7 cm³/mol. The molecule has 5 nitrogen and oxygen atoms in total. The van der Waals surface area contributed by atoms with Crippen molar-refractivity contribution in [3.63, 3.8) is 0 Å². The molecule has 2 amide bonds. The van der Waals surface area contributed by atoms with Crippen molar-refractivity contribution in [3.05, 3.63) is 58.1 Å². The first-order chi connectivity index (χ1) is 11.5.